The second-order valence-electron chi connectivity index (χ2n) is 2.37. The van der Waals surface area contributed by atoms with Crippen molar-refractivity contribution < 1.29 is 0 Å². The average Bonchev–Trinajstić information content (AvgIpc) is 2.34. The number of hydrogen-bond donors (Lipinski definition) is 1. The monoisotopic (exact) mass is 135 g/mol. The quantitative estimate of drug-likeness (QED) is 0.571. The molecular formula is C7H9N3. The van der Waals surface area contributed by atoms with Crippen molar-refractivity contribution in [2.24, 2.45) is 7.05 Å². The third-order valence-electron chi connectivity index (χ3n) is 1.63. The number of rotatable bonds is 0. The molecule has 1 aromatic heterocycles. The number of anilines is 1. The van der Waals surface area contributed by atoms with Gasteiger partial charge in [0.05, 0.1) is 6.33 Å². The van der Waals surface area contributed by atoms with Crippen LogP contribution in [0.4, 0.5) is 5.82 Å². The fourth-order valence-corrected chi connectivity index (χ4v) is 1.11. The molecule has 1 N–H and O–H groups in total. The van der Waals surface area contributed by atoms with Gasteiger partial charge in [0.1, 0.15) is 11.5 Å². The minimum Gasteiger partial charge on any atom is -0.366 e. The van der Waals surface area contributed by atoms with Crippen LogP contribution in [0.2, 0.25) is 0 Å². The van der Waals surface area contributed by atoms with Crippen molar-refractivity contribution in [2.75, 3.05) is 11.9 Å². The molecule has 0 bridgehead atoms. The zero-order valence-electron chi connectivity index (χ0n) is 5.83. The lowest BCUT2D eigenvalue weighted by Crippen LogP contribution is -2.06. The molecule has 2 rings (SSSR count). The van der Waals surface area contributed by atoms with Crippen LogP contribution >= 0.6 is 0 Å². The molecule has 0 amide bonds. The fourth-order valence-electron chi connectivity index (χ4n) is 1.11. The maximum absolute atomic E-state index is 4.17. The molecule has 0 radical (unpaired) electrons. The number of imidazole rings is 1. The minimum atomic E-state index is 0.909. The summed E-state index contributed by atoms with van der Waals surface area (Å²) in [7, 11) is 1.98. The van der Waals surface area contributed by atoms with Gasteiger partial charge in [-0.2, -0.15) is 0 Å². The lowest BCUT2D eigenvalue weighted by molar-refractivity contribution is 0.912. The highest BCUT2D eigenvalue weighted by Crippen LogP contribution is 2.16. The standard InChI is InChI=1S/C7H9N3/c1-10-5-9-6-3-2-4-8-7(6)10/h2-3,5,8H,4H2,1H3. The van der Waals surface area contributed by atoms with Crippen LogP contribution in [0.5, 0.6) is 0 Å². The summed E-state index contributed by atoms with van der Waals surface area (Å²) in [6.07, 6.45) is 5.91. The van der Waals surface area contributed by atoms with Crippen LogP contribution in [0.25, 0.3) is 6.08 Å². The summed E-state index contributed by atoms with van der Waals surface area (Å²) < 4.78 is 1.98. The van der Waals surface area contributed by atoms with Crippen molar-refractivity contribution in [3.8, 4) is 0 Å². The Hall–Kier alpha value is -1.25. The summed E-state index contributed by atoms with van der Waals surface area (Å²) in [4.78, 5) is 4.17. The van der Waals surface area contributed by atoms with E-state index in [0.29, 0.717) is 0 Å². The van der Waals surface area contributed by atoms with E-state index < -0.39 is 0 Å². The molecule has 52 valence electrons. The highest BCUT2D eigenvalue weighted by Gasteiger charge is 2.06. The molecule has 2 heterocycles. The molecule has 0 spiro atoms. The van der Waals surface area contributed by atoms with Gasteiger partial charge in [-0.1, -0.05) is 6.08 Å². The Balaban J connectivity index is 2.57. The molecule has 0 unspecified atom stereocenters. The number of fused-ring (bicyclic) bond motifs is 1. The number of nitrogens with one attached hydrogen (secondary N) is 1. The van der Waals surface area contributed by atoms with Crippen molar-refractivity contribution in [1.82, 2.24) is 9.55 Å². The number of aromatic nitrogens is 2. The van der Waals surface area contributed by atoms with Crippen LogP contribution < -0.4 is 5.32 Å². The van der Waals surface area contributed by atoms with Crippen molar-refractivity contribution >= 4 is 11.9 Å². The Kier molecular flexibility index (Phi) is 1.03. The number of nitrogens with zero attached hydrogens (tertiary/aromatic N) is 2. The third-order valence-corrected chi connectivity index (χ3v) is 1.63. The highest BCUT2D eigenvalue weighted by atomic mass is 15.1. The Bertz CT molecular complexity index is 272. The third kappa shape index (κ3) is 0.635. The van der Waals surface area contributed by atoms with Gasteiger partial charge in [-0.05, 0) is 6.08 Å². The fraction of sp³-hybridized carbons (Fsp3) is 0.286. The van der Waals surface area contributed by atoms with E-state index in [1.54, 1.807) is 0 Å². The molecule has 0 atom stereocenters. The normalized spacial score (nSPS) is 14.5. The van der Waals surface area contributed by atoms with Crippen molar-refractivity contribution in [3.05, 3.63) is 18.1 Å². The van der Waals surface area contributed by atoms with Gasteiger partial charge in [0.15, 0.2) is 0 Å². The first-order valence-electron chi connectivity index (χ1n) is 3.29. The molecule has 0 saturated heterocycles. The zero-order chi connectivity index (χ0) is 6.97. The molecule has 0 aromatic carbocycles. The van der Waals surface area contributed by atoms with Crippen molar-refractivity contribution in [1.29, 1.82) is 0 Å². The lowest BCUT2D eigenvalue weighted by Gasteiger charge is -2.08. The molecule has 0 aliphatic carbocycles. The van der Waals surface area contributed by atoms with Crippen LogP contribution in [0, 0.1) is 0 Å². The first kappa shape index (κ1) is 5.53. The number of hydrogen-bond acceptors (Lipinski definition) is 2. The van der Waals surface area contributed by atoms with Crippen LogP contribution in [-0.4, -0.2) is 16.1 Å². The van der Waals surface area contributed by atoms with E-state index in [0.717, 1.165) is 18.1 Å². The van der Waals surface area contributed by atoms with Gasteiger partial charge in [0, 0.05) is 13.6 Å². The van der Waals surface area contributed by atoms with E-state index in [4.69, 9.17) is 0 Å². The van der Waals surface area contributed by atoms with Crippen LogP contribution in [-0.2, 0) is 7.05 Å². The predicted molar refractivity (Wildman–Crippen MR) is 40.7 cm³/mol. The van der Waals surface area contributed by atoms with Crippen LogP contribution in [0.1, 0.15) is 5.69 Å². The van der Waals surface area contributed by atoms with E-state index in [1.807, 2.05) is 24.0 Å². The second kappa shape index (κ2) is 1.87. The topological polar surface area (TPSA) is 29.9 Å². The summed E-state index contributed by atoms with van der Waals surface area (Å²) in [5, 5.41) is 3.22. The minimum absolute atomic E-state index is 0.909. The van der Waals surface area contributed by atoms with Gasteiger partial charge in [-0.15, -0.1) is 0 Å². The SMILES string of the molecule is Cn1cnc2c1NCC=C2. The maximum Gasteiger partial charge on any atom is 0.133 e. The Morgan fingerprint density at radius 3 is 3.40 bits per heavy atom. The van der Waals surface area contributed by atoms with Gasteiger partial charge in [-0.3, -0.25) is 0 Å². The second-order valence-corrected chi connectivity index (χ2v) is 2.37. The average molecular weight is 135 g/mol. The van der Waals surface area contributed by atoms with Crippen LogP contribution in [0.3, 0.4) is 0 Å². The van der Waals surface area contributed by atoms with E-state index in [-0.39, 0.29) is 0 Å². The molecular weight excluding hydrogens is 126 g/mol. The Morgan fingerprint density at radius 1 is 1.70 bits per heavy atom. The van der Waals surface area contributed by atoms with Crippen LogP contribution in [0.15, 0.2) is 12.4 Å². The molecule has 10 heavy (non-hydrogen) atoms. The van der Waals surface area contributed by atoms with E-state index in [9.17, 15) is 0 Å². The summed E-state index contributed by atoms with van der Waals surface area (Å²) in [5.41, 5.74) is 1.04. The van der Waals surface area contributed by atoms with Gasteiger partial charge < -0.3 is 9.88 Å². The zero-order valence-corrected chi connectivity index (χ0v) is 5.83. The molecule has 0 saturated carbocycles. The van der Waals surface area contributed by atoms with Gasteiger partial charge in [-0.25, -0.2) is 4.98 Å². The first-order valence-corrected chi connectivity index (χ1v) is 3.29. The molecule has 0 fully saturated rings. The maximum atomic E-state index is 4.17. The van der Waals surface area contributed by atoms with E-state index in [2.05, 4.69) is 16.4 Å². The summed E-state index contributed by atoms with van der Waals surface area (Å²) in [6.45, 7) is 0.909. The van der Waals surface area contributed by atoms with E-state index >= 15 is 0 Å². The smallest absolute Gasteiger partial charge is 0.133 e. The summed E-state index contributed by atoms with van der Waals surface area (Å²) >= 11 is 0. The summed E-state index contributed by atoms with van der Waals surface area (Å²) in [6, 6.07) is 0. The van der Waals surface area contributed by atoms with Gasteiger partial charge >= 0.3 is 0 Å². The molecule has 1 aromatic rings. The van der Waals surface area contributed by atoms with Gasteiger partial charge in [0.2, 0.25) is 0 Å². The summed E-state index contributed by atoms with van der Waals surface area (Å²) in [5.74, 6) is 1.11. The van der Waals surface area contributed by atoms with E-state index in [1.165, 1.54) is 0 Å². The molecule has 3 heteroatoms. The van der Waals surface area contributed by atoms with Crippen molar-refractivity contribution in [3.63, 3.8) is 0 Å². The molecule has 1 aliphatic heterocycles. The predicted octanol–water partition coefficient (Wildman–Crippen LogP) is 0.859. The molecule has 3 nitrogen and oxygen atoms in total. The highest BCUT2D eigenvalue weighted by molar-refractivity contribution is 5.63. The Morgan fingerprint density at radius 2 is 2.60 bits per heavy atom. The lowest BCUT2D eigenvalue weighted by atomic mass is 10.3. The largest absolute Gasteiger partial charge is 0.366 e. The first-order chi connectivity index (χ1) is 4.88. The molecule has 1 aliphatic rings. The Labute approximate surface area is 59.4 Å². The van der Waals surface area contributed by atoms with Crippen molar-refractivity contribution in [2.45, 2.75) is 0 Å². The van der Waals surface area contributed by atoms with Gasteiger partial charge in [0.25, 0.3) is 0 Å². The number of aryl methyl sites for hydroxylation is 1.